The molecule has 0 N–H and O–H groups in total. The molecule has 174 valence electrons. The van der Waals surface area contributed by atoms with E-state index in [9.17, 15) is 22.8 Å². The molecule has 2 aromatic carbocycles. The topological polar surface area (TPSA) is 65.1 Å². The predicted octanol–water partition coefficient (Wildman–Crippen LogP) is 5.43. The first-order valence-corrected chi connectivity index (χ1v) is 11.1. The fourth-order valence-corrected chi connectivity index (χ4v) is 4.51. The van der Waals surface area contributed by atoms with E-state index in [0.29, 0.717) is 15.8 Å². The second-order valence-electron chi connectivity index (χ2n) is 6.45. The van der Waals surface area contributed by atoms with Crippen LogP contribution < -0.4 is 14.4 Å². The van der Waals surface area contributed by atoms with E-state index in [1.165, 1.54) is 32.4 Å². The van der Waals surface area contributed by atoms with Crippen molar-refractivity contribution >= 4 is 67.9 Å². The molecule has 12 heteroatoms. The molecule has 0 spiro atoms. The quantitative estimate of drug-likeness (QED) is 0.264. The minimum Gasteiger partial charge on any atom is -0.493 e. The Kier molecular flexibility index (Phi) is 7.70. The van der Waals surface area contributed by atoms with Gasteiger partial charge in [0.15, 0.2) is 22.4 Å². The zero-order chi connectivity index (χ0) is 24.3. The number of halogens is 4. The number of methoxy groups -OCH3 is 2. The molecule has 0 unspecified atom stereocenters. The Hall–Kier alpha value is -2.57. The SMILES string of the molecule is COC(=O)COc1cc(Br)c(/C=C2\SC(=S)N(c3cccc(C(F)(F)F)c3)C2=O)cc1OC. The summed E-state index contributed by atoms with van der Waals surface area (Å²) in [6, 6.07) is 7.53. The Labute approximate surface area is 204 Å². The molecule has 1 aliphatic heterocycles. The van der Waals surface area contributed by atoms with Gasteiger partial charge in [-0.15, -0.1) is 0 Å². The fraction of sp³-hybridized carbons (Fsp3) is 0.190. The van der Waals surface area contributed by atoms with Gasteiger partial charge in [0, 0.05) is 4.47 Å². The van der Waals surface area contributed by atoms with Gasteiger partial charge in [0.1, 0.15) is 0 Å². The summed E-state index contributed by atoms with van der Waals surface area (Å²) in [7, 11) is 2.64. The molecule has 0 saturated carbocycles. The third kappa shape index (κ3) is 5.68. The van der Waals surface area contributed by atoms with Crippen LogP contribution in [-0.4, -0.2) is 37.0 Å². The Bertz CT molecular complexity index is 1150. The average molecular weight is 562 g/mol. The zero-order valence-electron chi connectivity index (χ0n) is 17.1. The number of anilines is 1. The maximum Gasteiger partial charge on any atom is 0.416 e. The summed E-state index contributed by atoms with van der Waals surface area (Å²) in [6.45, 7) is -0.325. The van der Waals surface area contributed by atoms with E-state index in [4.69, 9.17) is 21.7 Å². The van der Waals surface area contributed by atoms with Gasteiger partial charge in [-0.25, -0.2) is 4.79 Å². The molecule has 0 aromatic heterocycles. The van der Waals surface area contributed by atoms with Gasteiger partial charge in [0.2, 0.25) is 0 Å². The molecule has 0 atom stereocenters. The number of ether oxygens (including phenoxy) is 3. The summed E-state index contributed by atoms with van der Waals surface area (Å²) in [4.78, 5) is 25.6. The van der Waals surface area contributed by atoms with Crippen LogP contribution in [0.4, 0.5) is 18.9 Å². The molecule has 1 fully saturated rings. The number of carbonyl (C=O) groups is 2. The number of hydrogen-bond acceptors (Lipinski definition) is 7. The van der Waals surface area contributed by atoms with E-state index in [1.54, 1.807) is 12.1 Å². The van der Waals surface area contributed by atoms with Crippen molar-refractivity contribution in [2.45, 2.75) is 6.18 Å². The van der Waals surface area contributed by atoms with Crippen molar-refractivity contribution < 1.29 is 37.0 Å². The van der Waals surface area contributed by atoms with Crippen molar-refractivity contribution in [1.82, 2.24) is 0 Å². The third-order valence-electron chi connectivity index (χ3n) is 4.37. The lowest BCUT2D eigenvalue weighted by molar-refractivity contribution is -0.143. The Balaban J connectivity index is 1.91. The normalized spacial score (nSPS) is 15.2. The van der Waals surface area contributed by atoms with Crippen LogP contribution in [0.5, 0.6) is 11.5 Å². The number of nitrogens with zero attached hydrogens (tertiary/aromatic N) is 1. The van der Waals surface area contributed by atoms with Crippen LogP contribution in [0.2, 0.25) is 0 Å². The van der Waals surface area contributed by atoms with Gasteiger partial charge in [-0.1, -0.05) is 46.0 Å². The van der Waals surface area contributed by atoms with Gasteiger partial charge in [-0.3, -0.25) is 9.69 Å². The number of rotatable bonds is 6. The highest BCUT2D eigenvalue weighted by atomic mass is 79.9. The number of hydrogen-bond donors (Lipinski definition) is 0. The van der Waals surface area contributed by atoms with E-state index < -0.39 is 23.6 Å². The lowest BCUT2D eigenvalue weighted by atomic mass is 10.1. The van der Waals surface area contributed by atoms with Crippen molar-refractivity contribution in [2.24, 2.45) is 0 Å². The van der Waals surface area contributed by atoms with Crippen LogP contribution in [0.15, 0.2) is 45.8 Å². The molecule has 0 radical (unpaired) electrons. The van der Waals surface area contributed by atoms with Gasteiger partial charge >= 0.3 is 12.1 Å². The molecule has 1 aliphatic rings. The first-order chi connectivity index (χ1) is 15.5. The second-order valence-corrected chi connectivity index (χ2v) is 8.98. The summed E-state index contributed by atoms with van der Waals surface area (Å²) in [6.07, 6.45) is -3.02. The minimum absolute atomic E-state index is 0.0268. The summed E-state index contributed by atoms with van der Waals surface area (Å²) in [5.41, 5.74) is -0.325. The van der Waals surface area contributed by atoms with Gasteiger partial charge in [-0.05, 0) is 42.0 Å². The largest absolute Gasteiger partial charge is 0.493 e. The van der Waals surface area contributed by atoms with Crippen molar-refractivity contribution in [3.8, 4) is 11.5 Å². The molecular weight excluding hydrogens is 547 g/mol. The Morgan fingerprint density at radius 1 is 1.21 bits per heavy atom. The van der Waals surface area contributed by atoms with Gasteiger partial charge in [-0.2, -0.15) is 13.2 Å². The monoisotopic (exact) mass is 561 g/mol. The van der Waals surface area contributed by atoms with Gasteiger partial charge in [0.25, 0.3) is 5.91 Å². The van der Waals surface area contributed by atoms with Crippen LogP contribution in [-0.2, 0) is 20.5 Å². The number of amides is 1. The molecule has 3 rings (SSSR count). The minimum atomic E-state index is -4.55. The smallest absolute Gasteiger partial charge is 0.416 e. The van der Waals surface area contributed by atoms with Crippen LogP contribution >= 0.6 is 39.9 Å². The number of thioether (sulfide) groups is 1. The van der Waals surface area contributed by atoms with Crippen LogP contribution in [0.25, 0.3) is 6.08 Å². The van der Waals surface area contributed by atoms with E-state index >= 15 is 0 Å². The number of thiocarbonyl (C=S) groups is 1. The molecule has 2 aromatic rings. The standard InChI is InChI=1S/C21H15BrF3NO5S2/c1-29-15-6-11(14(22)9-16(15)31-10-18(27)30-2)7-17-19(28)26(20(32)33-17)13-5-3-4-12(8-13)21(23,24)25/h3-9H,10H2,1-2H3/b17-7-. The Morgan fingerprint density at radius 3 is 2.58 bits per heavy atom. The lowest BCUT2D eigenvalue weighted by Crippen LogP contribution is -2.27. The second kappa shape index (κ2) is 10.1. The van der Waals surface area contributed by atoms with Gasteiger partial charge in [0.05, 0.1) is 30.4 Å². The Morgan fingerprint density at radius 2 is 1.94 bits per heavy atom. The highest BCUT2D eigenvalue weighted by Gasteiger charge is 2.36. The van der Waals surface area contributed by atoms with Crippen LogP contribution in [0.3, 0.4) is 0 Å². The van der Waals surface area contributed by atoms with E-state index in [-0.39, 0.29) is 27.3 Å². The third-order valence-corrected chi connectivity index (χ3v) is 6.36. The number of alkyl halides is 3. The predicted molar refractivity (Wildman–Crippen MR) is 125 cm³/mol. The molecule has 0 bridgehead atoms. The van der Waals surface area contributed by atoms with E-state index in [1.807, 2.05) is 0 Å². The first-order valence-electron chi connectivity index (χ1n) is 9.07. The van der Waals surface area contributed by atoms with Gasteiger partial charge < -0.3 is 14.2 Å². The van der Waals surface area contributed by atoms with Crippen molar-refractivity contribution in [3.05, 3.63) is 56.9 Å². The summed E-state index contributed by atoms with van der Waals surface area (Å²) in [5, 5.41) is 0. The molecule has 1 saturated heterocycles. The zero-order valence-corrected chi connectivity index (χ0v) is 20.3. The fourth-order valence-electron chi connectivity index (χ4n) is 2.78. The maximum absolute atomic E-state index is 13.1. The van der Waals surface area contributed by atoms with E-state index in [2.05, 4.69) is 20.7 Å². The number of esters is 1. The van der Waals surface area contributed by atoms with Crippen molar-refractivity contribution in [3.63, 3.8) is 0 Å². The molecule has 1 heterocycles. The summed E-state index contributed by atoms with van der Waals surface area (Å²) in [5.74, 6) is -0.568. The molecular formula is C21H15BrF3NO5S2. The number of benzene rings is 2. The van der Waals surface area contributed by atoms with Crippen LogP contribution in [0.1, 0.15) is 11.1 Å². The summed E-state index contributed by atoms with van der Waals surface area (Å²) < 4.78 is 55.1. The van der Waals surface area contributed by atoms with Crippen molar-refractivity contribution in [1.29, 1.82) is 0 Å². The van der Waals surface area contributed by atoms with Crippen molar-refractivity contribution in [2.75, 3.05) is 25.7 Å². The number of carbonyl (C=O) groups excluding carboxylic acids is 2. The molecule has 33 heavy (non-hydrogen) atoms. The van der Waals surface area contributed by atoms with E-state index in [0.717, 1.165) is 28.8 Å². The summed E-state index contributed by atoms with van der Waals surface area (Å²) >= 11 is 9.59. The van der Waals surface area contributed by atoms with Crippen LogP contribution in [0, 0.1) is 0 Å². The molecule has 6 nitrogen and oxygen atoms in total. The average Bonchev–Trinajstić information content (AvgIpc) is 3.05. The first kappa shape index (κ1) is 25.1. The molecule has 1 amide bonds. The lowest BCUT2D eigenvalue weighted by Gasteiger charge is -2.16. The highest BCUT2D eigenvalue weighted by molar-refractivity contribution is 9.10. The molecule has 0 aliphatic carbocycles. The maximum atomic E-state index is 13.1. The highest BCUT2D eigenvalue weighted by Crippen LogP contribution is 2.40.